The molecule has 0 spiro atoms. The van der Waals surface area contributed by atoms with Crippen LogP contribution in [0, 0.1) is 12.7 Å². The van der Waals surface area contributed by atoms with Crippen molar-refractivity contribution in [3.8, 4) is 11.4 Å². The molecule has 0 saturated heterocycles. The van der Waals surface area contributed by atoms with Crippen molar-refractivity contribution in [2.75, 3.05) is 6.61 Å². The number of aromatic nitrogens is 2. The van der Waals surface area contributed by atoms with Crippen LogP contribution in [0.15, 0.2) is 16.9 Å². The average molecular weight is 436 g/mol. The van der Waals surface area contributed by atoms with Crippen molar-refractivity contribution < 1.29 is 24.1 Å². The highest BCUT2D eigenvalue weighted by molar-refractivity contribution is 5.93. The van der Waals surface area contributed by atoms with Crippen molar-refractivity contribution in [2.24, 2.45) is 0 Å². The minimum absolute atomic E-state index is 0.0333. The van der Waals surface area contributed by atoms with E-state index < -0.39 is 12.1 Å². The van der Waals surface area contributed by atoms with E-state index in [0.29, 0.717) is 41.9 Å². The Morgan fingerprint density at radius 3 is 2.84 bits per heavy atom. The van der Waals surface area contributed by atoms with Crippen LogP contribution in [0.1, 0.15) is 58.2 Å². The molecular weight excluding hydrogens is 415 g/mol. The number of rotatable bonds is 2. The predicted molar refractivity (Wildman–Crippen MR) is 113 cm³/mol. The van der Waals surface area contributed by atoms with Gasteiger partial charge in [-0.2, -0.15) is 0 Å². The summed E-state index contributed by atoms with van der Waals surface area (Å²) in [7, 11) is 0. The molecule has 32 heavy (non-hydrogen) atoms. The molecule has 3 aliphatic rings. The number of esters is 1. The summed E-state index contributed by atoms with van der Waals surface area (Å²) in [4.78, 5) is 29.9. The lowest BCUT2D eigenvalue weighted by Crippen LogP contribution is -2.32. The van der Waals surface area contributed by atoms with Crippen molar-refractivity contribution in [3.63, 3.8) is 0 Å². The van der Waals surface area contributed by atoms with E-state index in [4.69, 9.17) is 9.72 Å². The van der Waals surface area contributed by atoms with Crippen LogP contribution in [0.2, 0.25) is 0 Å². The van der Waals surface area contributed by atoms with Gasteiger partial charge in [-0.3, -0.25) is 4.79 Å². The summed E-state index contributed by atoms with van der Waals surface area (Å²) in [5.41, 5.74) is 5.25. The van der Waals surface area contributed by atoms with Crippen molar-refractivity contribution in [3.05, 3.63) is 61.7 Å². The third-order valence-corrected chi connectivity index (χ3v) is 7.24. The highest BCUT2D eigenvalue weighted by Gasteiger charge is 2.37. The van der Waals surface area contributed by atoms with E-state index in [1.54, 1.807) is 17.6 Å². The maximum atomic E-state index is 14.7. The van der Waals surface area contributed by atoms with Gasteiger partial charge in [-0.25, -0.2) is 14.2 Å². The van der Waals surface area contributed by atoms with Crippen LogP contribution < -0.4 is 5.56 Å². The van der Waals surface area contributed by atoms with Crippen LogP contribution in [-0.4, -0.2) is 32.3 Å². The zero-order chi connectivity index (χ0) is 22.3. The lowest BCUT2D eigenvalue weighted by atomic mass is 9.77. The van der Waals surface area contributed by atoms with E-state index in [1.807, 2.05) is 0 Å². The van der Waals surface area contributed by atoms with Crippen molar-refractivity contribution >= 4 is 16.9 Å². The Morgan fingerprint density at radius 2 is 2.06 bits per heavy atom. The van der Waals surface area contributed by atoms with Crippen molar-refractivity contribution in [1.29, 1.82) is 0 Å². The molecule has 1 unspecified atom stereocenters. The van der Waals surface area contributed by atoms with Gasteiger partial charge in [0.2, 0.25) is 0 Å². The summed E-state index contributed by atoms with van der Waals surface area (Å²) in [5.74, 6) is -1.02. The van der Waals surface area contributed by atoms with Gasteiger partial charge >= 0.3 is 5.97 Å². The first-order chi connectivity index (χ1) is 15.4. The Kier molecular flexibility index (Phi) is 4.10. The van der Waals surface area contributed by atoms with Gasteiger partial charge in [-0.05, 0) is 54.9 Å². The second kappa shape index (κ2) is 6.70. The van der Waals surface area contributed by atoms with E-state index in [2.05, 4.69) is 0 Å². The highest BCUT2D eigenvalue weighted by atomic mass is 19.1. The first-order valence-electron chi connectivity index (χ1n) is 10.8. The number of hydrogen-bond donors (Lipinski definition) is 2. The van der Waals surface area contributed by atoms with Crippen LogP contribution in [-0.2, 0) is 29.1 Å². The molecule has 3 aromatic rings. The molecule has 1 aromatic carbocycles. The maximum Gasteiger partial charge on any atom is 0.340 e. The van der Waals surface area contributed by atoms with Crippen LogP contribution in [0.5, 0.6) is 0 Å². The summed E-state index contributed by atoms with van der Waals surface area (Å²) in [6, 6.07) is 3.07. The number of aliphatic hydroxyl groups excluding tert-OH is 2. The fourth-order valence-electron chi connectivity index (χ4n) is 5.64. The largest absolute Gasteiger partial charge is 0.458 e. The lowest BCUT2D eigenvalue weighted by molar-refractivity contribution is -0.157. The summed E-state index contributed by atoms with van der Waals surface area (Å²) in [6.45, 7) is 1.94. The van der Waals surface area contributed by atoms with Gasteiger partial charge in [0.25, 0.3) is 5.56 Å². The third kappa shape index (κ3) is 2.45. The van der Waals surface area contributed by atoms with Gasteiger partial charge in [0.15, 0.2) is 6.10 Å². The van der Waals surface area contributed by atoms with Gasteiger partial charge in [-0.1, -0.05) is 0 Å². The van der Waals surface area contributed by atoms with Gasteiger partial charge in [-0.15, -0.1) is 0 Å². The quantitative estimate of drug-likeness (QED) is 0.468. The molecule has 0 saturated carbocycles. The van der Waals surface area contributed by atoms with E-state index in [-0.39, 0.29) is 41.6 Å². The standard InChI is InChI=1S/C24H21FN2O5/c1-10-12-3-2-11(4-5-28)19-14-8-27-18(21(14)26-17(20(12)19)7-16(10)25)6-13-15(23(27)30)9-32-24(31)22(13)29/h6-7,11,22,28-29H,2-5,8-9H2,1H3/t11?,22-/m0/s1. The first-order valence-corrected chi connectivity index (χ1v) is 10.8. The summed E-state index contributed by atoms with van der Waals surface area (Å²) < 4.78 is 21.3. The van der Waals surface area contributed by atoms with Crippen molar-refractivity contribution in [1.82, 2.24) is 9.55 Å². The Balaban J connectivity index is 1.68. The minimum Gasteiger partial charge on any atom is -0.458 e. The zero-order valence-electron chi connectivity index (χ0n) is 17.4. The molecule has 2 N–H and O–H groups in total. The molecule has 2 atom stereocenters. The number of nitrogens with zero attached hydrogens (tertiary/aromatic N) is 2. The molecule has 0 bridgehead atoms. The number of hydrogen-bond acceptors (Lipinski definition) is 6. The number of aryl methyl sites for hydroxylation is 1. The van der Waals surface area contributed by atoms with Crippen LogP contribution in [0.4, 0.5) is 4.39 Å². The molecule has 2 aromatic heterocycles. The molecule has 1 aliphatic carbocycles. The van der Waals surface area contributed by atoms with Gasteiger partial charge in [0, 0.05) is 29.2 Å². The SMILES string of the molecule is Cc1c(F)cc2nc3c(c4c2c1CCC4CCO)Cn1c-3cc2c(c1=O)COC(=O)[C@H]2O. The number of cyclic esters (lactones) is 1. The first kappa shape index (κ1) is 19.6. The number of ether oxygens (including phenoxy) is 1. The topological polar surface area (TPSA) is 102 Å². The molecule has 164 valence electrons. The molecule has 6 rings (SSSR count). The minimum atomic E-state index is -1.52. The Bertz CT molecular complexity index is 1410. The van der Waals surface area contributed by atoms with E-state index >= 15 is 0 Å². The third-order valence-electron chi connectivity index (χ3n) is 7.24. The number of carbonyl (C=O) groups excluding carboxylic acids is 1. The van der Waals surface area contributed by atoms with Crippen molar-refractivity contribution in [2.45, 2.75) is 51.4 Å². The van der Waals surface area contributed by atoms with Crippen LogP contribution in [0.25, 0.3) is 22.3 Å². The number of benzene rings is 1. The number of aliphatic hydroxyl groups is 2. The fraction of sp³-hybridized carbons (Fsp3) is 0.375. The van der Waals surface area contributed by atoms with Gasteiger partial charge in [0.05, 0.1) is 29.0 Å². The Morgan fingerprint density at radius 1 is 1.25 bits per heavy atom. The normalized spacial score (nSPS) is 20.7. The monoisotopic (exact) mass is 436 g/mol. The Labute approximate surface area is 182 Å². The van der Waals surface area contributed by atoms with Gasteiger partial charge in [0.1, 0.15) is 12.4 Å². The highest BCUT2D eigenvalue weighted by Crippen LogP contribution is 2.46. The van der Waals surface area contributed by atoms with E-state index in [9.17, 15) is 24.2 Å². The van der Waals surface area contributed by atoms with E-state index in [0.717, 1.165) is 28.5 Å². The number of fused-ring (bicyclic) bond motifs is 5. The molecule has 0 radical (unpaired) electrons. The second-order valence-electron chi connectivity index (χ2n) is 8.82. The summed E-state index contributed by atoms with van der Waals surface area (Å²) in [6.07, 6.45) is 0.552. The van der Waals surface area contributed by atoms with Gasteiger partial charge < -0.3 is 19.5 Å². The zero-order valence-corrected chi connectivity index (χ0v) is 17.4. The number of carbonyl (C=O) groups is 1. The molecular formula is C24H21FN2O5. The van der Waals surface area contributed by atoms with E-state index in [1.165, 1.54) is 6.07 Å². The summed E-state index contributed by atoms with van der Waals surface area (Å²) >= 11 is 0. The fourth-order valence-corrected chi connectivity index (χ4v) is 5.64. The number of pyridine rings is 2. The molecule has 4 heterocycles. The smallest absolute Gasteiger partial charge is 0.340 e. The number of halogens is 1. The molecule has 2 aliphatic heterocycles. The van der Waals surface area contributed by atoms with Crippen LogP contribution >= 0.6 is 0 Å². The van der Waals surface area contributed by atoms with Crippen LogP contribution in [0.3, 0.4) is 0 Å². The molecule has 0 fully saturated rings. The lowest BCUT2D eigenvalue weighted by Gasteiger charge is -2.28. The molecule has 8 heteroatoms. The molecule has 7 nitrogen and oxygen atoms in total. The maximum absolute atomic E-state index is 14.7. The predicted octanol–water partition coefficient (Wildman–Crippen LogP) is 2.38. The average Bonchev–Trinajstić information content (AvgIpc) is 3.14. The molecule has 0 amide bonds. The second-order valence-corrected chi connectivity index (χ2v) is 8.82. The Hall–Kier alpha value is -3.10. The summed E-state index contributed by atoms with van der Waals surface area (Å²) in [5, 5.41) is 20.9.